The molecule has 1 fully saturated rings. The van der Waals surface area contributed by atoms with Crippen LogP contribution in [-0.4, -0.2) is 35.2 Å². The molecule has 0 spiro atoms. The quantitative estimate of drug-likeness (QED) is 0.522. The Bertz CT molecular complexity index is 1090. The second-order valence-corrected chi connectivity index (χ2v) is 6.31. The van der Waals surface area contributed by atoms with Crippen LogP contribution in [-0.2, 0) is 7.05 Å². The van der Waals surface area contributed by atoms with Gasteiger partial charge in [-0.25, -0.2) is 9.97 Å². The van der Waals surface area contributed by atoms with E-state index in [1.807, 2.05) is 29.8 Å². The average molecular weight is 335 g/mol. The summed E-state index contributed by atoms with van der Waals surface area (Å²) in [5.74, 6) is 1.62. The molecule has 4 aromatic rings. The Morgan fingerprint density at radius 2 is 2.12 bits per heavy atom. The third-order valence-corrected chi connectivity index (χ3v) is 4.29. The van der Waals surface area contributed by atoms with Crippen LogP contribution in [0.4, 0.5) is 23.3 Å². The molecule has 1 aliphatic rings. The minimum atomic E-state index is 0.453. The van der Waals surface area contributed by atoms with Crippen LogP contribution in [0.3, 0.4) is 0 Å². The van der Waals surface area contributed by atoms with Gasteiger partial charge in [-0.1, -0.05) is 0 Å². The van der Waals surface area contributed by atoms with E-state index >= 15 is 0 Å². The van der Waals surface area contributed by atoms with Gasteiger partial charge in [0, 0.05) is 18.8 Å². The first kappa shape index (κ1) is 14.0. The average Bonchev–Trinajstić information content (AvgIpc) is 3.24. The highest BCUT2D eigenvalue weighted by Crippen LogP contribution is 2.27. The summed E-state index contributed by atoms with van der Waals surface area (Å²) in [5.41, 5.74) is 9.45. The maximum Gasteiger partial charge on any atom is 0.247 e. The molecule has 1 aromatic carbocycles. The van der Waals surface area contributed by atoms with E-state index in [0.29, 0.717) is 29.3 Å². The molecule has 1 aliphatic carbocycles. The lowest BCUT2D eigenvalue weighted by Gasteiger charge is -2.10. The van der Waals surface area contributed by atoms with Crippen LogP contribution >= 0.6 is 0 Å². The van der Waals surface area contributed by atoms with Crippen LogP contribution in [0.1, 0.15) is 12.8 Å². The first-order valence-electron chi connectivity index (χ1n) is 8.13. The van der Waals surface area contributed by atoms with Crippen molar-refractivity contribution in [2.24, 2.45) is 7.05 Å². The molecule has 9 nitrogen and oxygen atoms in total. The minimum Gasteiger partial charge on any atom is -0.382 e. The number of fused-ring (bicyclic) bond motifs is 2. The Hall–Kier alpha value is -3.36. The molecule has 0 amide bonds. The van der Waals surface area contributed by atoms with Gasteiger partial charge in [0.1, 0.15) is 5.82 Å². The molecule has 5 rings (SSSR count). The predicted octanol–water partition coefficient (Wildman–Crippen LogP) is 1.91. The highest BCUT2D eigenvalue weighted by atomic mass is 15.4. The number of imidazole rings is 2. The van der Waals surface area contributed by atoms with Gasteiger partial charge < -0.3 is 20.9 Å². The lowest BCUT2D eigenvalue weighted by Crippen LogP contribution is -2.11. The summed E-state index contributed by atoms with van der Waals surface area (Å²) in [7, 11) is 1.97. The highest BCUT2D eigenvalue weighted by molar-refractivity contribution is 5.80. The zero-order valence-corrected chi connectivity index (χ0v) is 13.6. The third kappa shape index (κ3) is 2.40. The van der Waals surface area contributed by atoms with Crippen LogP contribution < -0.4 is 16.4 Å². The molecule has 0 unspecified atom stereocenters. The topological polar surface area (TPSA) is 111 Å². The maximum absolute atomic E-state index is 5.97. The summed E-state index contributed by atoms with van der Waals surface area (Å²) in [6, 6.07) is 6.41. The largest absolute Gasteiger partial charge is 0.382 e. The number of rotatable bonds is 4. The number of benzene rings is 1. The van der Waals surface area contributed by atoms with E-state index in [9.17, 15) is 0 Å². The van der Waals surface area contributed by atoms with Crippen molar-refractivity contribution in [1.82, 2.24) is 29.1 Å². The van der Waals surface area contributed by atoms with Gasteiger partial charge in [-0.05, 0) is 31.0 Å². The Kier molecular flexibility index (Phi) is 2.84. The third-order valence-electron chi connectivity index (χ3n) is 4.29. The molecule has 1 saturated carbocycles. The zero-order valence-electron chi connectivity index (χ0n) is 13.6. The molecule has 25 heavy (non-hydrogen) atoms. The van der Waals surface area contributed by atoms with Gasteiger partial charge in [0.25, 0.3) is 0 Å². The van der Waals surface area contributed by atoms with Gasteiger partial charge in [-0.2, -0.15) is 9.50 Å². The second kappa shape index (κ2) is 5.07. The van der Waals surface area contributed by atoms with Gasteiger partial charge in [0.2, 0.25) is 5.95 Å². The molecule has 4 N–H and O–H groups in total. The standard InChI is InChI=1S/C16H17N9/c1-24-8-19-11-6-10(4-5-12(11)24)21-16-22-14(20-9-2-3-9)15-18-7-13(17)25(15)23-16/h4-9H,2-3,17H2,1H3,(H2,20,21,22,23). The Morgan fingerprint density at radius 1 is 1.24 bits per heavy atom. The van der Waals surface area contributed by atoms with Crippen LogP contribution in [0.25, 0.3) is 16.7 Å². The molecule has 0 bridgehead atoms. The summed E-state index contributed by atoms with van der Waals surface area (Å²) in [6.07, 6.45) is 5.67. The summed E-state index contributed by atoms with van der Waals surface area (Å²) < 4.78 is 3.57. The maximum atomic E-state index is 5.97. The van der Waals surface area contributed by atoms with Crippen molar-refractivity contribution in [3.63, 3.8) is 0 Å². The van der Waals surface area contributed by atoms with E-state index in [0.717, 1.165) is 29.6 Å². The molecule has 9 heteroatoms. The fourth-order valence-electron chi connectivity index (χ4n) is 2.81. The molecule has 0 aliphatic heterocycles. The molecular weight excluding hydrogens is 318 g/mol. The van der Waals surface area contributed by atoms with Crippen LogP contribution in [0.2, 0.25) is 0 Å². The molecule has 3 aromatic heterocycles. The fourth-order valence-corrected chi connectivity index (χ4v) is 2.81. The smallest absolute Gasteiger partial charge is 0.247 e. The molecule has 3 heterocycles. The Balaban J connectivity index is 1.55. The van der Waals surface area contributed by atoms with Crippen molar-refractivity contribution < 1.29 is 0 Å². The number of hydrogen-bond donors (Lipinski definition) is 3. The molecule has 0 atom stereocenters. The fraction of sp³-hybridized carbons (Fsp3) is 0.250. The Labute approximate surface area is 142 Å². The lowest BCUT2D eigenvalue weighted by molar-refractivity contribution is 0.911. The number of aryl methyl sites for hydroxylation is 1. The van der Waals surface area contributed by atoms with E-state index < -0.39 is 0 Å². The first-order valence-corrected chi connectivity index (χ1v) is 8.13. The van der Waals surface area contributed by atoms with E-state index in [2.05, 4.69) is 30.7 Å². The van der Waals surface area contributed by atoms with Crippen molar-refractivity contribution in [1.29, 1.82) is 0 Å². The number of nitrogens with two attached hydrogens (primary N) is 1. The monoisotopic (exact) mass is 335 g/mol. The predicted molar refractivity (Wildman–Crippen MR) is 95.8 cm³/mol. The molecule has 0 radical (unpaired) electrons. The summed E-state index contributed by atoms with van der Waals surface area (Å²) in [5, 5.41) is 11.1. The minimum absolute atomic E-state index is 0.453. The van der Waals surface area contributed by atoms with Gasteiger partial charge in [0.05, 0.1) is 23.6 Å². The lowest BCUT2D eigenvalue weighted by atomic mass is 10.3. The number of nitrogens with one attached hydrogen (secondary N) is 2. The van der Waals surface area contributed by atoms with E-state index in [4.69, 9.17) is 5.73 Å². The summed E-state index contributed by atoms with van der Waals surface area (Å²) >= 11 is 0. The van der Waals surface area contributed by atoms with E-state index in [1.165, 1.54) is 0 Å². The van der Waals surface area contributed by atoms with Crippen molar-refractivity contribution in [2.75, 3.05) is 16.4 Å². The number of nitrogen functional groups attached to an aromatic ring is 1. The van der Waals surface area contributed by atoms with Gasteiger partial charge >= 0.3 is 0 Å². The normalized spacial score (nSPS) is 14.3. The second-order valence-electron chi connectivity index (χ2n) is 6.31. The van der Waals surface area contributed by atoms with Crippen molar-refractivity contribution in [2.45, 2.75) is 18.9 Å². The van der Waals surface area contributed by atoms with Crippen LogP contribution in [0.15, 0.2) is 30.7 Å². The van der Waals surface area contributed by atoms with Crippen molar-refractivity contribution in [3.8, 4) is 0 Å². The molecule has 0 saturated heterocycles. The van der Waals surface area contributed by atoms with Crippen molar-refractivity contribution in [3.05, 3.63) is 30.7 Å². The number of anilines is 4. The highest BCUT2D eigenvalue weighted by Gasteiger charge is 2.24. The number of nitrogens with zero attached hydrogens (tertiary/aromatic N) is 6. The van der Waals surface area contributed by atoms with Crippen molar-refractivity contribution >= 4 is 40.0 Å². The van der Waals surface area contributed by atoms with Gasteiger partial charge in [-0.3, -0.25) is 0 Å². The van der Waals surface area contributed by atoms with E-state index in [-0.39, 0.29) is 0 Å². The number of hydrogen-bond acceptors (Lipinski definition) is 7. The molecule has 126 valence electrons. The first-order chi connectivity index (χ1) is 12.2. The van der Waals surface area contributed by atoms with Gasteiger partial charge in [-0.15, -0.1) is 5.10 Å². The Morgan fingerprint density at radius 3 is 2.96 bits per heavy atom. The summed E-state index contributed by atoms with van der Waals surface area (Å²) in [6.45, 7) is 0. The van der Waals surface area contributed by atoms with E-state index in [1.54, 1.807) is 17.0 Å². The zero-order chi connectivity index (χ0) is 17.0. The SMILES string of the molecule is Cn1cnc2cc(Nc3nc(NC4CC4)c4ncc(N)n4n3)ccc21. The number of aromatic nitrogens is 6. The van der Waals surface area contributed by atoms with Gasteiger partial charge in [0.15, 0.2) is 11.5 Å². The summed E-state index contributed by atoms with van der Waals surface area (Å²) in [4.78, 5) is 13.3. The molecular formula is C16H17N9. The van der Waals surface area contributed by atoms with Crippen LogP contribution in [0.5, 0.6) is 0 Å². The van der Waals surface area contributed by atoms with Crippen LogP contribution in [0, 0.1) is 0 Å².